The van der Waals surface area contributed by atoms with Crippen LogP contribution >= 0.6 is 7.82 Å². The van der Waals surface area contributed by atoms with Crippen molar-refractivity contribution < 1.29 is 59.0 Å². The van der Waals surface area contributed by atoms with Crippen LogP contribution in [0.25, 0.3) is 0 Å². The molecule has 1 saturated carbocycles. The maximum absolute atomic E-state index is 12.9. The molecular weight excluding hydrogens is 705 g/mol. The molecule has 1 fully saturated rings. The summed E-state index contributed by atoms with van der Waals surface area (Å²) < 4.78 is 22.7. The molecule has 1 amide bonds. The normalized spacial score (nSPS) is 25.4. The smallest absolute Gasteiger partial charge is 0.393 e. The second-order valence-electron chi connectivity index (χ2n) is 13.9. The van der Waals surface area contributed by atoms with Crippen LogP contribution < -0.4 is 5.32 Å². The Morgan fingerprint density at radius 2 is 1.17 bits per heavy atom. The summed E-state index contributed by atoms with van der Waals surface area (Å²) >= 11 is 0. The van der Waals surface area contributed by atoms with Crippen LogP contribution in [0.1, 0.15) is 129 Å². The molecule has 1 aliphatic carbocycles. The lowest BCUT2D eigenvalue weighted by molar-refractivity contribution is -0.220. The van der Waals surface area contributed by atoms with Gasteiger partial charge in [-0.3, -0.25) is 13.8 Å². The third-order valence-electron chi connectivity index (χ3n) is 9.13. The molecule has 14 heteroatoms. The lowest BCUT2D eigenvalue weighted by Crippen LogP contribution is -2.64. The molecule has 0 bridgehead atoms. The van der Waals surface area contributed by atoms with Crippen molar-refractivity contribution in [2.75, 3.05) is 6.61 Å². The summed E-state index contributed by atoms with van der Waals surface area (Å²) in [5, 5.41) is 73.9. The van der Waals surface area contributed by atoms with Crippen LogP contribution in [-0.4, -0.2) is 108 Å². The number of aliphatic hydroxyl groups is 7. The van der Waals surface area contributed by atoms with Gasteiger partial charge in [-0.15, -0.1) is 0 Å². The van der Waals surface area contributed by atoms with Gasteiger partial charge in [-0.2, -0.15) is 0 Å². The van der Waals surface area contributed by atoms with E-state index in [9.17, 15) is 50.0 Å². The van der Waals surface area contributed by atoms with Crippen molar-refractivity contribution in [3.05, 3.63) is 48.6 Å². The van der Waals surface area contributed by atoms with Crippen molar-refractivity contribution in [2.45, 2.75) is 184 Å². The van der Waals surface area contributed by atoms with Gasteiger partial charge >= 0.3 is 7.82 Å². The van der Waals surface area contributed by atoms with Crippen molar-refractivity contribution in [2.24, 2.45) is 0 Å². The highest BCUT2D eigenvalue weighted by molar-refractivity contribution is 7.47. The largest absolute Gasteiger partial charge is 0.472 e. The number of phosphoric acid groups is 1. The van der Waals surface area contributed by atoms with E-state index in [2.05, 4.69) is 49.5 Å². The monoisotopic (exact) mass is 775 g/mol. The van der Waals surface area contributed by atoms with Gasteiger partial charge in [0.2, 0.25) is 5.91 Å². The minimum atomic E-state index is -5.14. The molecule has 53 heavy (non-hydrogen) atoms. The summed E-state index contributed by atoms with van der Waals surface area (Å²) in [6, 6.07) is -1.26. The summed E-state index contributed by atoms with van der Waals surface area (Å²) in [6.07, 6.45) is 18.1. The quantitative estimate of drug-likeness (QED) is 0.0273. The predicted molar refractivity (Wildman–Crippen MR) is 206 cm³/mol. The molecule has 8 atom stereocenters. The van der Waals surface area contributed by atoms with Crippen molar-refractivity contribution in [3.8, 4) is 0 Å². The van der Waals surface area contributed by atoms with E-state index in [1.165, 1.54) is 31.8 Å². The minimum absolute atomic E-state index is 0.264. The number of hydrogen-bond acceptors (Lipinski definition) is 11. The lowest BCUT2D eigenvalue weighted by atomic mass is 9.85. The Hall–Kier alpha value is -1.74. The van der Waals surface area contributed by atoms with E-state index in [1.807, 2.05) is 6.08 Å². The standard InChI is InChI=1S/C39H70NO12P/c1-3-5-7-9-11-13-15-16-17-18-20-22-24-26-30(41)28-33(43)40-31(32(42)27-25-23-21-19-14-12-10-8-6-4-2)29-51-53(49,50)52-39-37(47)35(45)34(44)36(46)38(39)48/h6,8,13-15,19,25,27,30-32,34-39,41-42,44-48H,3-5,7,9-12,16-18,20-24,26,28-29H2,1-2H3,(H,40,43)(H,49,50)/b8-6+,15-13-,19-14+,27-25+. The van der Waals surface area contributed by atoms with Crippen molar-refractivity contribution in [3.63, 3.8) is 0 Å². The number of carbonyl (C=O) groups excluding carboxylic acids is 1. The van der Waals surface area contributed by atoms with E-state index in [0.717, 1.165) is 64.2 Å². The van der Waals surface area contributed by atoms with Crippen molar-refractivity contribution in [1.29, 1.82) is 0 Å². The van der Waals surface area contributed by atoms with Crippen LogP contribution in [0.2, 0.25) is 0 Å². The van der Waals surface area contributed by atoms with Crippen LogP contribution in [0.3, 0.4) is 0 Å². The molecule has 0 aromatic rings. The van der Waals surface area contributed by atoms with Crippen LogP contribution in [0.5, 0.6) is 0 Å². The fourth-order valence-electron chi connectivity index (χ4n) is 5.86. The molecule has 0 aliphatic heterocycles. The summed E-state index contributed by atoms with van der Waals surface area (Å²) in [4.78, 5) is 23.2. The molecule has 308 valence electrons. The van der Waals surface area contributed by atoms with Crippen LogP contribution in [0, 0.1) is 0 Å². The third-order valence-corrected chi connectivity index (χ3v) is 10.1. The van der Waals surface area contributed by atoms with Crippen LogP contribution in [0.4, 0.5) is 0 Å². The lowest BCUT2D eigenvalue weighted by Gasteiger charge is -2.41. The van der Waals surface area contributed by atoms with Crippen LogP contribution in [0.15, 0.2) is 48.6 Å². The highest BCUT2D eigenvalue weighted by atomic mass is 31.2. The number of unbranched alkanes of at least 4 members (excludes halogenated alkanes) is 11. The first-order valence-electron chi connectivity index (χ1n) is 19.7. The van der Waals surface area contributed by atoms with Crippen molar-refractivity contribution in [1.82, 2.24) is 5.32 Å². The van der Waals surface area contributed by atoms with Gasteiger partial charge in [-0.05, 0) is 64.2 Å². The topological polar surface area (TPSA) is 226 Å². The number of rotatable bonds is 30. The molecule has 0 heterocycles. The molecule has 1 aliphatic rings. The van der Waals surface area contributed by atoms with Gasteiger partial charge in [0.25, 0.3) is 0 Å². The molecule has 0 aromatic heterocycles. The molecule has 13 nitrogen and oxygen atoms in total. The molecule has 9 N–H and O–H groups in total. The first-order chi connectivity index (χ1) is 25.3. The Labute approximate surface area is 317 Å². The Bertz CT molecular complexity index is 1100. The van der Waals surface area contributed by atoms with Gasteiger partial charge in [-0.1, -0.05) is 107 Å². The highest BCUT2D eigenvalue weighted by Crippen LogP contribution is 2.47. The van der Waals surface area contributed by atoms with E-state index in [-0.39, 0.29) is 6.42 Å². The zero-order chi connectivity index (χ0) is 39.5. The van der Waals surface area contributed by atoms with Gasteiger partial charge in [0.05, 0.1) is 31.3 Å². The summed E-state index contributed by atoms with van der Waals surface area (Å²) in [7, 11) is -5.14. The Kier molecular flexibility index (Phi) is 27.5. The summed E-state index contributed by atoms with van der Waals surface area (Å²) in [5.74, 6) is -0.618. The zero-order valence-corrected chi connectivity index (χ0v) is 32.8. The first-order valence-corrected chi connectivity index (χ1v) is 21.2. The van der Waals surface area contributed by atoms with E-state index in [4.69, 9.17) is 9.05 Å². The molecule has 1 rings (SSSR count). The second kappa shape index (κ2) is 29.5. The van der Waals surface area contributed by atoms with Gasteiger partial charge < -0.3 is 46.0 Å². The maximum atomic E-state index is 12.9. The summed E-state index contributed by atoms with van der Waals surface area (Å²) in [6.45, 7) is 3.53. The number of amides is 1. The molecule has 0 spiro atoms. The molecule has 8 unspecified atom stereocenters. The number of carbonyl (C=O) groups is 1. The average Bonchev–Trinajstić information content (AvgIpc) is 3.12. The molecule has 0 saturated heterocycles. The fraction of sp³-hybridized carbons (Fsp3) is 0.769. The number of nitrogens with one attached hydrogen (secondary N) is 1. The number of aliphatic hydroxyl groups excluding tert-OH is 7. The Morgan fingerprint density at radius 3 is 1.75 bits per heavy atom. The first kappa shape index (κ1) is 49.3. The van der Waals surface area contributed by atoms with Gasteiger partial charge in [-0.25, -0.2) is 4.57 Å². The third kappa shape index (κ3) is 22.4. The second-order valence-corrected chi connectivity index (χ2v) is 15.3. The summed E-state index contributed by atoms with van der Waals surface area (Å²) in [5.41, 5.74) is 0. The molecule has 0 radical (unpaired) electrons. The average molecular weight is 776 g/mol. The number of allylic oxidation sites excluding steroid dienone is 7. The SMILES string of the molecule is CC/C=C/CC/C=C/CC/C=C/C(O)C(COP(=O)(O)OC1C(O)C(O)C(O)C(O)C1O)NC(=O)CC(O)CCCCCCC/C=C\CCCCCC. The van der Waals surface area contributed by atoms with Crippen LogP contribution in [-0.2, 0) is 18.4 Å². The Morgan fingerprint density at radius 1 is 0.679 bits per heavy atom. The molecule has 0 aromatic carbocycles. The molecular formula is C39H70NO12P. The van der Waals surface area contributed by atoms with Gasteiger partial charge in [0, 0.05) is 0 Å². The maximum Gasteiger partial charge on any atom is 0.472 e. The number of hydrogen-bond donors (Lipinski definition) is 9. The fourth-order valence-corrected chi connectivity index (χ4v) is 6.83. The zero-order valence-electron chi connectivity index (χ0n) is 31.9. The Balaban J connectivity index is 2.66. The van der Waals surface area contributed by atoms with E-state index >= 15 is 0 Å². The minimum Gasteiger partial charge on any atom is -0.393 e. The van der Waals surface area contributed by atoms with Crippen molar-refractivity contribution >= 4 is 13.7 Å². The van der Waals surface area contributed by atoms with E-state index < -0.39 is 75.2 Å². The number of phosphoric ester groups is 1. The van der Waals surface area contributed by atoms with Gasteiger partial charge in [0.1, 0.15) is 36.6 Å². The van der Waals surface area contributed by atoms with E-state index in [0.29, 0.717) is 19.3 Å². The predicted octanol–water partition coefficient (Wildman–Crippen LogP) is 4.80. The van der Waals surface area contributed by atoms with Gasteiger partial charge in [0.15, 0.2) is 0 Å². The highest BCUT2D eigenvalue weighted by Gasteiger charge is 2.51. The van der Waals surface area contributed by atoms with E-state index in [1.54, 1.807) is 6.08 Å².